The van der Waals surface area contributed by atoms with E-state index in [9.17, 15) is 9.59 Å². The minimum absolute atomic E-state index is 0.0910. The molecule has 0 atom stereocenters. The van der Waals surface area contributed by atoms with Gasteiger partial charge in [0.25, 0.3) is 11.8 Å². The summed E-state index contributed by atoms with van der Waals surface area (Å²) in [6, 6.07) is 8.83. The molecule has 0 saturated carbocycles. The lowest BCUT2D eigenvalue weighted by atomic mass is 10.2. The summed E-state index contributed by atoms with van der Waals surface area (Å²) < 4.78 is 12.4. The van der Waals surface area contributed by atoms with Crippen molar-refractivity contribution in [2.45, 2.75) is 26.7 Å². The maximum Gasteiger partial charge on any atom is 0.266 e. The Morgan fingerprint density at radius 2 is 2.09 bits per heavy atom. The van der Waals surface area contributed by atoms with Crippen LogP contribution in [0.25, 0.3) is 6.08 Å². The van der Waals surface area contributed by atoms with E-state index in [4.69, 9.17) is 33.3 Å². The number of nitrogens with one attached hydrogen (secondary N) is 1. The molecule has 0 aliphatic carbocycles. The Morgan fingerprint density at radius 1 is 1.32 bits per heavy atom. The quantitative estimate of drug-likeness (QED) is 0.271. The molecular weight excluding hydrogens is 560 g/mol. The van der Waals surface area contributed by atoms with Gasteiger partial charge >= 0.3 is 0 Å². The van der Waals surface area contributed by atoms with Gasteiger partial charge in [0.05, 0.1) is 16.5 Å². The number of hydrogen-bond donors (Lipinski definition) is 1. The van der Waals surface area contributed by atoms with E-state index in [0.717, 1.165) is 24.0 Å². The van der Waals surface area contributed by atoms with Crippen molar-refractivity contribution in [3.63, 3.8) is 0 Å². The molecular formula is C24H24BrClN2O4S2. The van der Waals surface area contributed by atoms with Crippen molar-refractivity contribution < 1.29 is 19.1 Å². The van der Waals surface area contributed by atoms with Crippen LogP contribution in [0.2, 0.25) is 5.02 Å². The fourth-order valence-electron chi connectivity index (χ4n) is 3.13. The van der Waals surface area contributed by atoms with E-state index in [1.807, 2.05) is 13.0 Å². The van der Waals surface area contributed by atoms with E-state index >= 15 is 0 Å². The van der Waals surface area contributed by atoms with Crippen molar-refractivity contribution in [3.8, 4) is 11.5 Å². The number of thioether (sulfide) groups is 1. The van der Waals surface area contributed by atoms with E-state index in [1.165, 1.54) is 18.9 Å². The summed E-state index contributed by atoms with van der Waals surface area (Å²) in [6.07, 6.45) is 3.66. The fraction of sp³-hybridized carbons (Fsp3) is 0.292. The lowest BCUT2D eigenvalue weighted by molar-refractivity contribution is -0.122. The summed E-state index contributed by atoms with van der Waals surface area (Å²) in [4.78, 5) is 27.3. The molecule has 34 heavy (non-hydrogen) atoms. The Kier molecular flexibility index (Phi) is 9.41. The molecule has 0 radical (unpaired) electrons. The fourth-order valence-corrected chi connectivity index (χ4v) is 5.19. The SMILES string of the molecule is CCCCN1C(=O)/C(=C/c2cc(Br)c(OCC(=O)Nc3ccc(C)c(Cl)c3)c(OC)c2)SC1=S. The molecule has 0 unspecified atom stereocenters. The van der Waals surface area contributed by atoms with Crippen LogP contribution in [0.1, 0.15) is 30.9 Å². The number of anilines is 1. The van der Waals surface area contributed by atoms with Gasteiger partial charge in [-0.2, -0.15) is 0 Å². The molecule has 1 aliphatic rings. The highest BCUT2D eigenvalue weighted by Gasteiger charge is 2.31. The van der Waals surface area contributed by atoms with E-state index in [2.05, 4.69) is 28.2 Å². The maximum atomic E-state index is 12.7. The van der Waals surface area contributed by atoms with Gasteiger partial charge in [0.2, 0.25) is 0 Å². The molecule has 1 saturated heterocycles. The van der Waals surface area contributed by atoms with E-state index in [1.54, 1.807) is 35.2 Å². The van der Waals surface area contributed by atoms with Gasteiger partial charge in [-0.05, 0) is 70.7 Å². The normalized spacial score (nSPS) is 14.6. The van der Waals surface area contributed by atoms with Crippen molar-refractivity contribution in [2.75, 3.05) is 25.6 Å². The van der Waals surface area contributed by atoms with Crippen LogP contribution in [0.4, 0.5) is 5.69 Å². The Morgan fingerprint density at radius 3 is 2.76 bits per heavy atom. The first-order valence-corrected chi connectivity index (χ1v) is 12.9. The molecule has 10 heteroatoms. The molecule has 0 bridgehead atoms. The largest absolute Gasteiger partial charge is 0.493 e. The Balaban J connectivity index is 1.71. The number of halogens is 2. The third-order valence-electron chi connectivity index (χ3n) is 4.96. The molecule has 1 aliphatic heterocycles. The number of thiocarbonyl (C=S) groups is 1. The number of unbranched alkanes of at least 4 members (excludes halogenated alkanes) is 1. The number of benzene rings is 2. The third-order valence-corrected chi connectivity index (χ3v) is 7.34. The first-order valence-electron chi connectivity index (χ1n) is 10.5. The van der Waals surface area contributed by atoms with Gasteiger partial charge in [-0.25, -0.2) is 0 Å². The molecule has 180 valence electrons. The minimum atomic E-state index is -0.339. The van der Waals surface area contributed by atoms with Crippen LogP contribution in [0.15, 0.2) is 39.7 Å². The van der Waals surface area contributed by atoms with Gasteiger partial charge in [0.15, 0.2) is 18.1 Å². The molecule has 0 aromatic heterocycles. The predicted octanol–water partition coefficient (Wildman–Crippen LogP) is 6.44. The highest BCUT2D eigenvalue weighted by Crippen LogP contribution is 2.39. The Bertz CT molecular complexity index is 1160. The average Bonchev–Trinajstić information content (AvgIpc) is 3.05. The summed E-state index contributed by atoms with van der Waals surface area (Å²) in [5.74, 6) is 0.376. The van der Waals surface area contributed by atoms with Gasteiger partial charge in [-0.3, -0.25) is 14.5 Å². The van der Waals surface area contributed by atoms with Crippen molar-refractivity contribution in [2.24, 2.45) is 0 Å². The topological polar surface area (TPSA) is 67.9 Å². The molecule has 1 fully saturated rings. The van der Waals surface area contributed by atoms with Crippen molar-refractivity contribution in [1.82, 2.24) is 4.90 Å². The number of nitrogens with zero attached hydrogens (tertiary/aromatic N) is 1. The zero-order valence-corrected chi connectivity index (χ0v) is 22.9. The second-order valence-electron chi connectivity index (χ2n) is 7.52. The van der Waals surface area contributed by atoms with Crippen molar-refractivity contribution in [3.05, 3.63) is 55.9 Å². The number of carbonyl (C=O) groups excluding carboxylic acids is 2. The predicted molar refractivity (Wildman–Crippen MR) is 146 cm³/mol. The summed E-state index contributed by atoms with van der Waals surface area (Å²) in [7, 11) is 1.51. The van der Waals surface area contributed by atoms with Gasteiger partial charge in [-0.1, -0.05) is 55.0 Å². The number of hydrogen-bond acceptors (Lipinski definition) is 6. The van der Waals surface area contributed by atoms with Gasteiger partial charge < -0.3 is 14.8 Å². The number of methoxy groups -OCH3 is 1. The number of carbonyl (C=O) groups is 2. The number of aryl methyl sites for hydroxylation is 1. The van der Waals surface area contributed by atoms with Crippen molar-refractivity contribution in [1.29, 1.82) is 0 Å². The van der Waals surface area contributed by atoms with Crippen LogP contribution in [0.3, 0.4) is 0 Å². The standard InChI is InChI=1S/C24H24BrClN2O4S2/c1-4-5-8-28-23(30)20(34-24(28)33)11-15-9-17(25)22(19(10-15)31-3)32-13-21(29)27-16-7-6-14(2)18(26)12-16/h6-7,9-12H,4-5,8,13H2,1-3H3,(H,27,29)/b20-11-. The van der Waals surface area contributed by atoms with Crippen LogP contribution in [0.5, 0.6) is 11.5 Å². The third kappa shape index (κ3) is 6.53. The number of rotatable bonds is 9. The molecule has 1 heterocycles. The summed E-state index contributed by atoms with van der Waals surface area (Å²) in [5, 5.41) is 3.32. The van der Waals surface area contributed by atoms with E-state index < -0.39 is 0 Å². The molecule has 2 aromatic rings. The maximum absolute atomic E-state index is 12.7. The molecule has 2 aromatic carbocycles. The highest BCUT2D eigenvalue weighted by molar-refractivity contribution is 9.10. The van der Waals surface area contributed by atoms with Gasteiger partial charge in [0, 0.05) is 17.3 Å². The van der Waals surface area contributed by atoms with Gasteiger partial charge in [-0.15, -0.1) is 0 Å². The zero-order chi connectivity index (χ0) is 24.8. The monoisotopic (exact) mass is 582 g/mol. The summed E-state index contributed by atoms with van der Waals surface area (Å²) in [6.45, 7) is 4.35. The highest BCUT2D eigenvalue weighted by atomic mass is 79.9. The van der Waals surface area contributed by atoms with Gasteiger partial charge in [0.1, 0.15) is 4.32 Å². The number of ether oxygens (including phenoxy) is 2. The smallest absolute Gasteiger partial charge is 0.266 e. The minimum Gasteiger partial charge on any atom is -0.493 e. The molecule has 2 amide bonds. The summed E-state index contributed by atoms with van der Waals surface area (Å²) in [5.41, 5.74) is 2.25. The lowest BCUT2D eigenvalue weighted by Gasteiger charge is -2.14. The number of amides is 2. The Labute approximate surface area is 222 Å². The summed E-state index contributed by atoms with van der Waals surface area (Å²) >= 11 is 16.2. The molecule has 0 spiro atoms. The van der Waals surface area contributed by atoms with E-state index in [0.29, 0.717) is 42.5 Å². The molecule has 3 rings (SSSR count). The van der Waals surface area contributed by atoms with Crippen LogP contribution in [-0.4, -0.2) is 41.3 Å². The molecule has 1 N–H and O–H groups in total. The lowest BCUT2D eigenvalue weighted by Crippen LogP contribution is -2.28. The Hall–Kier alpha value is -2.07. The molecule has 6 nitrogen and oxygen atoms in total. The zero-order valence-electron chi connectivity index (χ0n) is 18.9. The second kappa shape index (κ2) is 12.1. The first kappa shape index (κ1) is 26.5. The van der Waals surface area contributed by atoms with E-state index in [-0.39, 0.29) is 18.4 Å². The van der Waals surface area contributed by atoms with Crippen LogP contribution < -0.4 is 14.8 Å². The van der Waals surface area contributed by atoms with Crippen molar-refractivity contribution >= 4 is 79.4 Å². The second-order valence-corrected chi connectivity index (χ2v) is 10.5. The first-order chi connectivity index (χ1) is 16.2. The van der Waals surface area contributed by atoms with Crippen LogP contribution in [0, 0.1) is 6.92 Å². The van der Waals surface area contributed by atoms with Crippen LogP contribution in [-0.2, 0) is 9.59 Å². The average molecular weight is 584 g/mol. The van der Waals surface area contributed by atoms with Crippen LogP contribution >= 0.6 is 51.5 Å².